The Kier molecular flexibility index (Phi) is 6.48. The minimum absolute atomic E-state index is 0.107. The van der Waals surface area contributed by atoms with Gasteiger partial charge in [0.1, 0.15) is 0 Å². The summed E-state index contributed by atoms with van der Waals surface area (Å²) in [6.45, 7) is 13.2. The van der Waals surface area contributed by atoms with E-state index in [9.17, 15) is 0 Å². The standard InChI is InChI=1S/C23H35ClN2/c1-5-14-26(16-19-6-7-19)23(20-8-10-21(24)11-9-20)13-12-22(18(4)15-23)25-17(2)3/h5,8-11,17-19,22,25H,1,6-7,12-16H2,2-4H3. The van der Waals surface area contributed by atoms with Crippen LogP contribution in [0.5, 0.6) is 0 Å². The molecule has 2 fully saturated rings. The Morgan fingerprint density at radius 2 is 1.96 bits per heavy atom. The molecular formula is C23H35ClN2. The van der Waals surface area contributed by atoms with Crippen LogP contribution in [0.2, 0.25) is 5.02 Å². The van der Waals surface area contributed by atoms with E-state index in [1.807, 2.05) is 0 Å². The summed E-state index contributed by atoms with van der Waals surface area (Å²) in [6.07, 6.45) is 8.47. The van der Waals surface area contributed by atoms with E-state index < -0.39 is 0 Å². The molecule has 3 unspecified atom stereocenters. The Morgan fingerprint density at radius 3 is 2.50 bits per heavy atom. The van der Waals surface area contributed by atoms with Crippen molar-refractivity contribution in [1.29, 1.82) is 0 Å². The minimum atomic E-state index is 0.107. The number of nitrogens with one attached hydrogen (secondary N) is 1. The van der Waals surface area contributed by atoms with E-state index in [0.29, 0.717) is 18.0 Å². The molecule has 0 amide bonds. The van der Waals surface area contributed by atoms with Gasteiger partial charge in [-0.15, -0.1) is 6.58 Å². The van der Waals surface area contributed by atoms with Crippen LogP contribution in [-0.2, 0) is 5.54 Å². The number of hydrogen-bond donors (Lipinski definition) is 1. The molecule has 0 bridgehead atoms. The van der Waals surface area contributed by atoms with E-state index in [2.05, 4.69) is 67.9 Å². The first kappa shape index (κ1) is 19.9. The van der Waals surface area contributed by atoms with Gasteiger partial charge in [0.25, 0.3) is 0 Å². The summed E-state index contributed by atoms with van der Waals surface area (Å²) in [6, 6.07) is 9.79. The molecule has 0 aliphatic heterocycles. The van der Waals surface area contributed by atoms with Crippen molar-refractivity contribution in [3.63, 3.8) is 0 Å². The Bertz CT molecular complexity index is 593. The summed E-state index contributed by atoms with van der Waals surface area (Å²) in [7, 11) is 0. The molecule has 2 saturated carbocycles. The SMILES string of the molecule is C=CCN(CC1CC1)C1(c2ccc(Cl)cc2)CCC(NC(C)C)C(C)C1. The van der Waals surface area contributed by atoms with Gasteiger partial charge in [-0.3, -0.25) is 4.90 Å². The molecule has 0 aromatic heterocycles. The maximum atomic E-state index is 6.20. The van der Waals surface area contributed by atoms with Crippen LogP contribution in [0.4, 0.5) is 0 Å². The van der Waals surface area contributed by atoms with Crippen LogP contribution in [0.25, 0.3) is 0 Å². The molecule has 3 rings (SSSR count). The monoisotopic (exact) mass is 374 g/mol. The lowest BCUT2D eigenvalue weighted by molar-refractivity contribution is 0.0203. The zero-order chi connectivity index (χ0) is 18.7. The summed E-state index contributed by atoms with van der Waals surface area (Å²) < 4.78 is 0. The largest absolute Gasteiger partial charge is 0.312 e. The average Bonchev–Trinajstić information content (AvgIpc) is 3.41. The first-order valence-electron chi connectivity index (χ1n) is 10.3. The first-order valence-corrected chi connectivity index (χ1v) is 10.7. The highest BCUT2D eigenvalue weighted by atomic mass is 35.5. The van der Waals surface area contributed by atoms with Crippen LogP contribution >= 0.6 is 11.6 Å². The number of benzene rings is 1. The smallest absolute Gasteiger partial charge is 0.0467 e. The molecule has 26 heavy (non-hydrogen) atoms. The summed E-state index contributed by atoms with van der Waals surface area (Å²) in [5, 5.41) is 4.62. The molecule has 2 nitrogen and oxygen atoms in total. The molecule has 0 radical (unpaired) electrons. The molecule has 144 valence electrons. The van der Waals surface area contributed by atoms with Gasteiger partial charge in [0.15, 0.2) is 0 Å². The van der Waals surface area contributed by atoms with Gasteiger partial charge < -0.3 is 5.32 Å². The van der Waals surface area contributed by atoms with Gasteiger partial charge in [-0.1, -0.05) is 50.6 Å². The lowest BCUT2D eigenvalue weighted by Gasteiger charge is -2.51. The van der Waals surface area contributed by atoms with Crippen molar-refractivity contribution in [2.75, 3.05) is 13.1 Å². The van der Waals surface area contributed by atoms with Gasteiger partial charge >= 0.3 is 0 Å². The van der Waals surface area contributed by atoms with Crippen LogP contribution < -0.4 is 5.32 Å². The van der Waals surface area contributed by atoms with Crippen molar-refractivity contribution in [3.8, 4) is 0 Å². The summed E-state index contributed by atoms with van der Waals surface area (Å²) in [5.41, 5.74) is 1.54. The van der Waals surface area contributed by atoms with E-state index >= 15 is 0 Å². The van der Waals surface area contributed by atoms with Crippen LogP contribution in [0, 0.1) is 11.8 Å². The van der Waals surface area contributed by atoms with Crippen molar-refractivity contribution >= 4 is 11.6 Å². The van der Waals surface area contributed by atoms with E-state index in [-0.39, 0.29) is 5.54 Å². The molecule has 1 aromatic rings. The van der Waals surface area contributed by atoms with Crippen molar-refractivity contribution in [2.24, 2.45) is 11.8 Å². The van der Waals surface area contributed by atoms with Gasteiger partial charge in [-0.05, 0) is 61.6 Å². The van der Waals surface area contributed by atoms with Crippen LogP contribution in [0.3, 0.4) is 0 Å². The zero-order valence-electron chi connectivity index (χ0n) is 16.7. The van der Waals surface area contributed by atoms with Gasteiger partial charge in [0, 0.05) is 35.7 Å². The van der Waals surface area contributed by atoms with E-state index in [1.165, 1.54) is 44.2 Å². The van der Waals surface area contributed by atoms with Crippen molar-refractivity contribution in [1.82, 2.24) is 10.2 Å². The molecule has 3 heteroatoms. The topological polar surface area (TPSA) is 15.3 Å². The second-order valence-electron chi connectivity index (χ2n) is 8.82. The highest BCUT2D eigenvalue weighted by molar-refractivity contribution is 6.30. The van der Waals surface area contributed by atoms with Crippen molar-refractivity contribution in [2.45, 2.75) is 70.5 Å². The van der Waals surface area contributed by atoms with Gasteiger partial charge in [0.05, 0.1) is 0 Å². The quantitative estimate of drug-likeness (QED) is 0.594. The Hall–Kier alpha value is -0.830. The predicted octanol–water partition coefficient (Wildman–Crippen LogP) is 5.62. The number of halogens is 1. The van der Waals surface area contributed by atoms with Crippen LogP contribution in [0.15, 0.2) is 36.9 Å². The molecule has 0 saturated heterocycles. The molecule has 0 spiro atoms. The van der Waals surface area contributed by atoms with E-state index in [0.717, 1.165) is 17.5 Å². The number of rotatable bonds is 8. The Balaban J connectivity index is 1.91. The van der Waals surface area contributed by atoms with Crippen molar-refractivity contribution < 1.29 is 0 Å². The molecular weight excluding hydrogens is 340 g/mol. The fraction of sp³-hybridized carbons (Fsp3) is 0.652. The maximum Gasteiger partial charge on any atom is 0.0467 e. The first-order chi connectivity index (χ1) is 12.4. The normalized spacial score (nSPS) is 29.3. The van der Waals surface area contributed by atoms with E-state index in [4.69, 9.17) is 11.6 Å². The Morgan fingerprint density at radius 1 is 1.27 bits per heavy atom. The third kappa shape index (κ3) is 4.52. The molecule has 2 aliphatic rings. The second-order valence-corrected chi connectivity index (χ2v) is 9.26. The van der Waals surface area contributed by atoms with Crippen LogP contribution in [-0.4, -0.2) is 30.1 Å². The Labute approximate surface area is 165 Å². The lowest BCUT2D eigenvalue weighted by atomic mass is 9.69. The zero-order valence-corrected chi connectivity index (χ0v) is 17.4. The summed E-state index contributed by atoms with van der Waals surface area (Å²) in [5.74, 6) is 1.52. The fourth-order valence-corrected chi connectivity index (χ4v) is 4.94. The lowest BCUT2D eigenvalue weighted by Crippen LogP contribution is -2.55. The highest BCUT2D eigenvalue weighted by Gasteiger charge is 2.45. The summed E-state index contributed by atoms with van der Waals surface area (Å²) in [4.78, 5) is 2.73. The third-order valence-electron chi connectivity index (χ3n) is 6.27. The second kappa shape index (κ2) is 8.46. The van der Waals surface area contributed by atoms with Gasteiger partial charge in [-0.25, -0.2) is 0 Å². The molecule has 3 atom stereocenters. The molecule has 0 heterocycles. The van der Waals surface area contributed by atoms with Crippen LogP contribution in [0.1, 0.15) is 58.4 Å². The molecule has 2 aliphatic carbocycles. The van der Waals surface area contributed by atoms with Gasteiger partial charge in [-0.2, -0.15) is 0 Å². The fourth-order valence-electron chi connectivity index (χ4n) is 4.82. The van der Waals surface area contributed by atoms with Gasteiger partial charge in [0.2, 0.25) is 0 Å². The molecule has 1 N–H and O–H groups in total. The maximum absolute atomic E-state index is 6.20. The van der Waals surface area contributed by atoms with E-state index in [1.54, 1.807) is 0 Å². The highest BCUT2D eigenvalue weighted by Crippen LogP contribution is 2.46. The number of hydrogen-bond acceptors (Lipinski definition) is 2. The third-order valence-corrected chi connectivity index (χ3v) is 6.53. The summed E-state index contributed by atoms with van der Waals surface area (Å²) >= 11 is 6.20. The van der Waals surface area contributed by atoms with Crippen molar-refractivity contribution in [3.05, 3.63) is 47.5 Å². The molecule has 1 aromatic carbocycles. The number of nitrogens with zero attached hydrogens (tertiary/aromatic N) is 1. The minimum Gasteiger partial charge on any atom is -0.312 e. The predicted molar refractivity (Wildman–Crippen MR) is 113 cm³/mol. The average molecular weight is 375 g/mol.